The van der Waals surface area contributed by atoms with Gasteiger partial charge in [-0.2, -0.15) is 0 Å². The molecule has 6 nitrogen and oxygen atoms in total. The summed E-state index contributed by atoms with van der Waals surface area (Å²) < 4.78 is 37.6. The van der Waals surface area contributed by atoms with E-state index in [4.69, 9.17) is 20.9 Å². The molecule has 4 aromatic carbocycles. The number of ether oxygens (including phenoxy) is 2. The van der Waals surface area contributed by atoms with Crippen molar-refractivity contribution in [1.82, 2.24) is 0 Å². The van der Waals surface area contributed by atoms with Crippen molar-refractivity contribution in [2.24, 2.45) is 0 Å². The summed E-state index contributed by atoms with van der Waals surface area (Å²) >= 11 is 0. The van der Waals surface area contributed by atoms with E-state index in [9.17, 15) is 8.42 Å². The molecule has 0 aromatic heterocycles. The van der Waals surface area contributed by atoms with Crippen molar-refractivity contribution in [3.63, 3.8) is 0 Å². The first-order valence-electron chi connectivity index (χ1n) is 9.42. The van der Waals surface area contributed by atoms with Crippen molar-refractivity contribution in [3.05, 3.63) is 97.1 Å². The predicted octanol–water partition coefficient (Wildman–Crippen LogP) is 5.27. The summed E-state index contributed by atoms with van der Waals surface area (Å²) in [5, 5.41) is 0. The van der Waals surface area contributed by atoms with Gasteiger partial charge in [-0.1, -0.05) is 6.07 Å². The van der Waals surface area contributed by atoms with Gasteiger partial charge in [0.05, 0.1) is 9.79 Å². The molecule has 0 atom stereocenters. The molecule has 0 aliphatic rings. The molecule has 0 saturated heterocycles. The molecule has 156 valence electrons. The third-order valence-corrected chi connectivity index (χ3v) is 6.25. The van der Waals surface area contributed by atoms with Crippen molar-refractivity contribution in [1.29, 1.82) is 0 Å². The maximum atomic E-state index is 13.1. The van der Waals surface area contributed by atoms with Gasteiger partial charge in [0, 0.05) is 11.4 Å². The number of hydrogen-bond acceptors (Lipinski definition) is 6. The predicted molar refractivity (Wildman–Crippen MR) is 120 cm³/mol. The highest BCUT2D eigenvalue weighted by Gasteiger charge is 2.18. The second kappa shape index (κ2) is 8.41. The molecule has 0 radical (unpaired) electrons. The second-order valence-electron chi connectivity index (χ2n) is 6.79. The van der Waals surface area contributed by atoms with Crippen LogP contribution in [0.15, 0.2) is 107 Å². The van der Waals surface area contributed by atoms with Gasteiger partial charge in [-0.25, -0.2) is 8.42 Å². The van der Waals surface area contributed by atoms with E-state index in [2.05, 4.69) is 0 Å². The number of rotatable bonds is 6. The fraction of sp³-hybridized carbons (Fsp3) is 0. The van der Waals surface area contributed by atoms with Crippen molar-refractivity contribution in [2.75, 3.05) is 11.5 Å². The van der Waals surface area contributed by atoms with Crippen LogP contribution in [0.1, 0.15) is 0 Å². The lowest BCUT2D eigenvalue weighted by Crippen LogP contribution is -2.02. The van der Waals surface area contributed by atoms with Crippen molar-refractivity contribution >= 4 is 21.2 Å². The van der Waals surface area contributed by atoms with Crippen LogP contribution in [0.3, 0.4) is 0 Å². The van der Waals surface area contributed by atoms with E-state index in [0.29, 0.717) is 34.4 Å². The summed E-state index contributed by atoms with van der Waals surface area (Å²) in [6, 6.07) is 26.4. The second-order valence-corrected chi connectivity index (χ2v) is 8.74. The fourth-order valence-electron chi connectivity index (χ4n) is 2.87. The Bertz CT molecular complexity index is 1290. The first-order chi connectivity index (χ1) is 14.9. The van der Waals surface area contributed by atoms with Gasteiger partial charge < -0.3 is 20.9 Å². The summed E-state index contributed by atoms with van der Waals surface area (Å²) in [6.45, 7) is 0. The Morgan fingerprint density at radius 1 is 0.516 bits per heavy atom. The Kier molecular flexibility index (Phi) is 5.51. The summed E-state index contributed by atoms with van der Waals surface area (Å²) in [4.78, 5) is 0.287. The van der Waals surface area contributed by atoms with Crippen LogP contribution in [-0.2, 0) is 9.84 Å². The van der Waals surface area contributed by atoms with Crippen LogP contribution in [0.4, 0.5) is 11.4 Å². The quantitative estimate of drug-likeness (QED) is 0.402. The molecule has 31 heavy (non-hydrogen) atoms. The van der Waals surface area contributed by atoms with Gasteiger partial charge in [-0.3, -0.25) is 0 Å². The van der Waals surface area contributed by atoms with E-state index in [0.717, 1.165) is 0 Å². The van der Waals surface area contributed by atoms with Gasteiger partial charge in [-0.05, 0) is 91.0 Å². The van der Waals surface area contributed by atoms with Crippen molar-refractivity contribution in [3.8, 4) is 23.0 Å². The Labute approximate surface area is 180 Å². The number of nitrogen functional groups attached to an aromatic ring is 2. The SMILES string of the molecule is Nc1ccc(Oc2ccc(S(=O)(=O)c3cccc(Oc4ccc(N)cc4)c3)cc2)cc1. The minimum atomic E-state index is -3.73. The minimum absolute atomic E-state index is 0.132. The summed E-state index contributed by atoms with van der Waals surface area (Å²) in [5.41, 5.74) is 12.6. The third kappa shape index (κ3) is 4.79. The first-order valence-corrected chi connectivity index (χ1v) is 10.9. The molecule has 4 N–H and O–H groups in total. The van der Waals surface area contributed by atoms with Gasteiger partial charge in [0.25, 0.3) is 0 Å². The molecule has 0 spiro atoms. The summed E-state index contributed by atoms with van der Waals surface area (Å²) in [7, 11) is -3.73. The lowest BCUT2D eigenvalue weighted by molar-refractivity contribution is 0.480. The highest BCUT2D eigenvalue weighted by molar-refractivity contribution is 7.91. The van der Waals surface area contributed by atoms with Crippen molar-refractivity contribution in [2.45, 2.75) is 9.79 Å². The normalized spacial score (nSPS) is 11.1. The topological polar surface area (TPSA) is 105 Å². The molecule has 4 rings (SSSR count). The Balaban J connectivity index is 1.53. The number of hydrogen-bond donors (Lipinski definition) is 2. The molecule has 0 saturated carbocycles. The molecule has 4 aromatic rings. The average Bonchev–Trinajstić information content (AvgIpc) is 2.78. The molecule has 0 aliphatic heterocycles. The van der Waals surface area contributed by atoms with E-state index in [1.54, 1.807) is 72.8 Å². The standard InChI is InChI=1S/C24H20N2O4S/c25-17-4-8-19(9-5-17)29-21-12-14-23(15-13-21)31(27,28)24-3-1-2-22(16-24)30-20-10-6-18(26)7-11-20/h1-16H,25-26H2. The number of sulfone groups is 1. The largest absolute Gasteiger partial charge is 0.457 e. The minimum Gasteiger partial charge on any atom is -0.457 e. The van der Waals surface area contributed by atoms with Crippen LogP contribution in [0, 0.1) is 0 Å². The van der Waals surface area contributed by atoms with Crippen LogP contribution < -0.4 is 20.9 Å². The van der Waals surface area contributed by atoms with Crippen LogP contribution >= 0.6 is 0 Å². The monoisotopic (exact) mass is 432 g/mol. The van der Waals surface area contributed by atoms with Crippen LogP contribution in [0.25, 0.3) is 0 Å². The van der Waals surface area contributed by atoms with Gasteiger partial charge >= 0.3 is 0 Å². The molecule has 0 amide bonds. The molecular formula is C24H20N2O4S. The van der Waals surface area contributed by atoms with E-state index < -0.39 is 9.84 Å². The van der Waals surface area contributed by atoms with Crippen molar-refractivity contribution < 1.29 is 17.9 Å². The zero-order valence-corrected chi connectivity index (χ0v) is 17.3. The molecule has 0 heterocycles. The average molecular weight is 433 g/mol. The Morgan fingerprint density at radius 2 is 0.968 bits per heavy atom. The zero-order valence-electron chi connectivity index (χ0n) is 16.4. The fourth-order valence-corrected chi connectivity index (χ4v) is 4.17. The Morgan fingerprint density at radius 3 is 1.48 bits per heavy atom. The number of nitrogens with two attached hydrogens (primary N) is 2. The maximum Gasteiger partial charge on any atom is 0.206 e. The Hall–Kier alpha value is -3.97. The van der Waals surface area contributed by atoms with Crippen LogP contribution in [0.2, 0.25) is 0 Å². The van der Waals surface area contributed by atoms with E-state index in [1.807, 2.05) is 0 Å². The maximum absolute atomic E-state index is 13.1. The number of benzene rings is 4. The van der Waals surface area contributed by atoms with Gasteiger partial charge in [0.2, 0.25) is 9.84 Å². The molecular weight excluding hydrogens is 412 g/mol. The summed E-state index contributed by atoms with van der Waals surface area (Å²) in [6.07, 6.45) is 0. The van der Waals surface area contributed by atoms with Gasteiger partial charge in [0.1, 0.15) is 23.0 Å². The zero-order chi connectivity index (χ0) is 21.8. The summed E-state index contributed by atoms with van der Waals surface area (Å²) in [5.74, 6) is 2.10. The third-order valence-electron chi connectivity index (χ3n) is 4.48. The molecule has 0 fully saturated rings. The van der Waals surface area contributed by atoms with E-state index >= 15 is 0 Å². The molecule has 7 heteroatoms. The van der Waals surface area contributed by atoms with E-state index in [-0.39, 0.29) is 9.79 Å². The van der Waals surface area contributed by atoms with Crippen LogP contribution in [0.5, 0.6) is 23.0 Å². The molecule has 0 bridgehead atoms. The highest BCUT2D eigenvalue weighted by atomic mass is 32.2. The first kappa shape index (κ1) is 20.3. The van der Waals surface area contributed by atoms with Gasteiger partial charge in [-0.15, -0.1) is 0 Å². The molecule has 0 unspecified atom stereocenters. The highest BCUT2D eigenvalue weighted by Crippen LogP contribution is 2.29. The van der Waals surface area contributed by atoms with Gasteiger partial charge in [0.15, 0.2) is 0 Å². The van der Waals surface area contributed by atoms with Crippen LogP contribution in [-0.4, -0.2) is 8.42 Å². The van der Waals surface area contributed by atoms with E-state index in [1.165, 1.54) is 24.3 Å². The smallest absolute Gasteiger partial charge is 0.206 e. The number of anilines is 2. The lowest BCUT2D eigenvalue weighted by Gasteiger charge is -2.10. The lowest BCUT2D eigenvalue weighted by atomic mass is 10.3. The molecule has 0 aliphatic carbocycles.